The third-order valence-electron chi connectivity index (χ3n) is 7.52. The summed E-state index contributed by atoms with van der Waals surface area (Å²) in [5.74, 6) is 1.84. The van der Waals surface area contributed by atoms with Gasteiger partial charge in [0.1, 0.15) is 28.7 Å². The molecule has 5 aromatic carbocycles. The molecular weight excluding hydrogens is 596 g/mol. The molecule has 5 rings (SSSR count). The average molecular weight is 653 g/mol. The van der Waals surface area contributed by atoms with Gasteiger partial charge in [-0.1, -0.05) is 87.4 Å². The van der Waals surface area contributed by atoms with Gasteiger partial charge in [-0.05, 0) is 148 Å². The van der Waals surface area contributed by atoms with Crippen LogP contribution in [0.3, 0.4) is 0 Å². The molecular formula is C43H56O5. The number of phenols is 5. The fraction of sp³-hybridized carbons (Fsp3) is 0.302. The first kappa shape index (κ1) is 41.1. The van der Waals surface area contributed by atoms with Crippen LogP contribution >= 0.6 is 0 Å². The van der Waals surface area contributed by atoms with Gasteiger partial charge in [-0.2, -0.15) is 0 Å². The maximum absolute atomic E-state index is 9.21. The molecule has 0 aliphatic heterocycles. The van der Waals surface area contributed by atoms with Crippen molar-refractivity contribution in [1.29, 1.82) is 0 Å². The molecule has 0 atom stereocenters. The number of aryl methyl sites for hydroxylation is 8. The average Bonchev–Trinajstić information content (AvgIpc) is 3.06. The highest BCUT2D eigenvalue weighted by Gasteiger charge is 1.96. The first-order chi connectivity index (χ1) is 22.8. The summed E-state index contributed by atoms with van der Waals surface area (Å²) in [5, 5.41) is 45.2. The van der Waals surface area contributed by atoms with Crippen LogP contribution in [0.25, 0.3) is 0 Å². The number of aromatic hydroxyl groups is 5. The van der Waals surface area contributed by atoms with E-state index >= 15 is 0 Å². The predicted molar refractivity (Wildman–Crippen MR) is 202 cm³/mol. The standard InChI is InChI=1S/C10H14O.C9H12O.3C8H10O/c1-2-3-4-9-5-7-10(11)8-6-9;1-2-3-8-4-6-9(10)7-5-8;1-6-3-4-8(9)5-7(6)2;1-6-3-4-7(2)8(9)5-6;1-6-4-3-5-7(2)8(6)9/h5-8,11H,2-4H2,1H3;4-7,10H,2-3H2,1H3;3*3-5,9H,1-2H3. The molecule has 5 heteroatoms. The van der Waals surface area contributed by atoms with E-state index in [-0.39, 0.29) is 0 Å². The maximum Gasteiger partial charge on any atom is 0.121 e. The van der Waals surface area contributed by atoms with Gasteiger partial charge in [-0.25, -0.2) is 0 Å². The lowest BCUT2D eigenvalue weighted by Gasteiger charge is -1.99. The second-order valence-electron chi connectivity index (χ2n) is 12.0. The highest BCUT2D eigenvalue weighted by atomic mass is 16.3. The summed E-state index contributed by atoms with van der Waals surface area (Å²) >= 11 is 0. The minimum atomic E-state index is 0.345. The van der Waals surface area contributed by atoms with Crippen molar-refractivity contribution in [3.63, 3.8) is 0 Å². The molecule has 0 bridgehead atoms. The van der Waals surface area contributed by atoms with E-state index in [0.29, 0.717) is 28.7 Å². The molecule has 0 unspecified atom stereocenters. The number of para-hydroxylation sites is 1. The lowest BCUT2D eigenvalue weighted by molar-refractivity contribution is 0.467. The fourth-order valence-corrected chi connectivity index (χ4v) is 4.25. The monoisotopic (exact) mass is 652 g/mol. The van der Waals surface area contributed by atoms with Gasteiger partial charge in [-0.15, -0.1) is 0 Å². The van der Waals surface area contributed by atoms with Gasteiger partial charge in [0.15, 0.2) is 0 Å². The first-order valence-corrected chi connectivity index (χ1v) is 16.6. The number of phenolic OH excluding ortho intramolecular Hbond substituents is 5. The molecule has 0 aliphatic rings. The van der Waals surface area contributed by atoms with Crippen LogP contribution in [-0.2, 0) is 12.8 Å². The summed E-state index contributed by atoms with van der Waals surface area (Å²) < 4.78 is 0. The molecule has 5 nitrogen and oxygen atoms in total. The molecule has 5 aromatic rings. The zero-order valence-electron chi connectivity index (χ0n) is 30.1. The fourth-order valence-electron chi connectivity index (χ4n) is 4.25. The zero-order valence-corrected chi connectivity index (χ0v) is 30.1. The van der Waals surface area contributed by atoms with E-state index in [1.54, 1.807) is 42.5 Å². The van der Waals surface area contributed by atoms with Crippen molar-refractivity contribution in [2.24, 2.45) is 0 Å². The van der Waals surface area contributed by atoms with E-state index in [9.17, 15) is 5.11 Å². The molecule has 0 radical (unpaired) electrons. The van der Waals surface area contributed by atoms with Gasteiger partial charge in [0.2, 0.25) is 0 Å². The molecule has 0 spiro atoms. The SMILES string of the molecule is CCCCc1ccc(O)cc1.CCCc1ccc(O)cc1.Cc1ccc(C)c(O)c1.Cc1ccc(O)cc1C.Cc1cccc(C)c1O. The molecule has 0 saturated carbocycles. The Bertz CT molecular complexity index is 1540. The smallest absolute Gasteiger partial charge is 0.121 e. The second-order valence-corrected chi connectivity index (χ2v) is 12.0. The molecule has 5 N–H and O–H groups in total. The van der Waals surface area contributed by atoms with Crippen LogP contribution in [0.5, 0.6) is 28.7 Å². The number of benzene rings is 5. The molecule has 0 amide bonds. The second kappa shape index (κ2) is 22.6. The van der Waals surface area contributed by atoms with Crippen molar-refractivity contribution in [2.45, 2.75) is 87.5 Å². The number of hydrogen-bond donors (Lipinski definition) is 5. The molecule has 48 heavy (non-hydrogen) atoms. The van der Waals surface area contributed by atoms with E-state index < -0.39 is 0 Å². The minimum absolute atomic E-state index is 0.345. The first-order valence-electron chi connectivity index (χ1n) is 16.6. The Morgan fingerprint density at radius 1 is 0.417 bits per heavy atom. The Balaban J connectivity index is 0.000000301. The highest BCUT2D eigenvalue weighted by molar-refractivity contribution is 5.38. The third-order valence-corrected chi connectivity index (χ3v) is 7.52. The summed E-state index contributed by atoms with van der Waals surface area (Å²) in [6, 6.07) is 31.5. The van der Waals surface area contributed by atoms with Crippen LogP contribution in [0.15, 0.2) is 103 Å². The maximum atomic E-state index is 9.21. The molecule has 0 heterocycles. The Labute approximate surface area is 288 Å². The van der Waals surface area contributed by atoms with Gasteiger partial charge in [0.05, 0.1) is 0 Å². The normalized spacial score (nSPS) is 9.67. The molecule has 0 aromatic heterocycles. The van der Waals surface area contributed by atoms with Gasteiger partial charge in [0, 0.05) is 0 Å². The van der Waals surface area contributed by atoms with Crippen molar-refractivity contribution in [3.8, 4) is 28.7 Å². The van der Waals surface area contributed by atoms with Crippen molar-refractivity contribution in [2.75, 3.05) is 0 Å². The van der Waals surface area contributed by atoms with Crippen molar-refractivity contribution in [1.82, 2.24) is 0 Å². The van der Waals surface area contributed by atoms with Crippen LogP contribution in [0.4, 0.5) is 0 Å². The minimum Gasteiger partial charge on any atom is -0.508 e. The van der Waals surface area contributed by atoms with Crippen LogP contribution in [0, 0.1) is 41.5 Å². The van der Waals surface area contributed by atoms with Crippen LogP contribution in [0.2, 0.25) is 0 Å². The lowest BCUT2D eigenvalue weighted by atomic mass is 10.1. The number of unbranched alkanes of at least 4 members (excludes halogenated alkanes) is 1. The van der Waals surface area contributed by atoms with Crippen LogP contribution in [-0.4, -0.2) is 25.5 Å². The Kier molecular flexibility index (Phi) is 19.4. The summed E-state index contributed by atoms with van der Waals surface area (Å²) in [4.78, 5) is 0. The summed E-state index contributed by atoms with van der Waals surface area (Å²) in [6.07, 6.45) is 5.83. The topological polar surface area (TPSA) is 101 Å². The van der Waals surface area contributed by atoms with Crippen molar-refractivity contribution in [3.05, 3.63) is 148 Å². The number of rotatable bonds is 5. The van der Waals surface area contributed by atoms with Crippen molar-refractivity contribution >= 4 is 0 Å². The van der Waals surface area contributed by atoms with Crippen molar-refractivity contribution < 1.29 is 25.5 Å². The Morgan fingerprint density at radius 3 is 1.29 bits per heavy atom. The van der Waals surface area contributed by atoms with E-state index in [4.69, 9.17) is 20.4 Å². The largest absolute Gasteiger partial charge is 0.508 e. The molecule has 0 aliphatic carbocycles. The zero-order chi connectivity index (χ0) is 36.1. The van der Waals surface area contributed by atoms with Crippen LogP contribution < -0.4 is 0 Å². The van der Waals surface area contributed by atoms with Gasteiger partial charge in [-0.3, -0.25) is 0 Å². The van der Waals surface area contributed by atoms with E-state index in [1.807, 2.05) is 102 Å². The molecule has 0 fully saturated rings. The Hall–Kier alpha value is -4.90. The quantitative estimate of drug-likeness (QED) is 0.130. The van der Waals surface area contributed by atoms with E-state index in [2.05, 4.69) is 13.8 Å². The molecule has 0 saturated heterocycles. The Morgan fingerprint density at radius 2 is 0.896 bits per heavy atom. The van der Waals surface area contributed by atoms with Gasteiger partial charge >= 0.3 is 0 Å². The van der Waals surface area contributed by atoms with E-state index in [1.165, 1.54) is 29.5 Å². The summed E-state index contributed by atoms with van der Waals surface area (Å²) in [7, 11) is 0. The number of hydrogen-bond acceptors (Lipinski definition) is 5. The highest BCUT2D eigenvalue weighted by Crippen LogP contribution is 2.19. The third kappa shape index (κ3) is 17.1. The van der Waals surface area contributed by atoms with E-state index in [0.717, 1.165) is 47.1 Å². The predicted octanol–water partition coefficient (Wildman–Crippen LogP) is 11.1. The van der Waals surface area contributed by atoms with Gasteiger partial charge < -0.3 is 25.5 Å². The van der Waals surface area contributed by atoms with Gasteiger partial charge in [0.25, 0.3) is 0 Å². The van der Waals surface area contributed by atoms with Crippen LogP contribution in [0.1, 0.15) is 77.6 Å². The summed E-state index contributed by atoms with van der Waals surface area (Å²) in [6.45, 7) is 16.0. The lowest BCUT2D eigenvalue weighted by Crippen LogP contribution is -1.82. The summed E-state index contributed by atoms with van der Waals surface area (Å²) in [5.41, 5.74) is 8.86. The molecule has 258 valence electrons.